The van der Waals surface area contributed by atoms with E-state index in [1.54, 1.807) is 49.9 Å². The fraction of sp³-hybridized carbons (Fsp3) is 0.400. The Morgan fingerprint density at radius 1 is 1.07 bits per heavy atom. The molecule has 28 heavy (non-hydrogen) atoms. The summed E-state index contributed by atoms with van der Waals surface area (Å²) < 4.78 is 10.2. The molecule has 0 saturated heterocycles. The molecule has 152 valence electrons. The lowest BCUT2D eigenvalue weighted by atomic mass is 10.3. The molecular weight excluding hydrogens is 396 g/mol. The molecule has 0 amide bonds. The number of carbonyl (C=O) groups is 2. The highest BCUT2D eigenvalue weighted by Gasteiger charge is 2.10. The van der Waals surface area contributed by atoms with Crippen molar-refractivity contribution >= 4 is 35.9 Å². The summed E-state index contributed by atoms with van der Waals surface area (Å²) in [5.41, 5.74) is 0.777. The standard InChI is InChI=1S/C12H17NO2S.C8H9NO2S/c1-4-9(3)16-11-8-6-7-10(13-11)12(14)15-5-2;1-2-11-8(10)6-4-3-5-7(12)9-6/h6-9H,4-5H2,1-3H3;3-5H,2H2,1H3,(H,9,12). The Labute approximate surface area is 175 Å². The Balaban J connectivity index is 0.000000292. The van der Waals surface area contributed by atoms with Crippen LogP contribution in [0.4, 0.5) is 0 Å². The van der Waals surface area contributed by atoms with Gasteiger partial charge >= 0.3 is 11.9 Å². The number of aromatic amines is 1. The van der Waals surface area contributed by atoms with Crippen LogP contribution in [0.3, 0.4) is 0 Å². The van der Waals surface area contributed by atoms with Crippen molar-refractivity contribution in [2.45, 2.75) is 44.4 Å². The van der Waals surface area contributed by atoms with Gasteiger partial charge in [-0.2, -0.15) is 0 Å². The molecule has 0 radical (unpaired) electrons. The molecule has 0 aliphatic heterocycles. The van der Waals surface area contributed by atoms with E-state index in [-0.39, 0.29) is 11.9 Å². The topological polar surface area (TPSA) is 81.3 Å². The van der Waals surface area contributed by atoms with E-state index in [0.717, 1.165) is 11.4 Å². The van der Waals surface area contributed by atoms with E-state index in [0.29, 0.717) is 34.5 Å². The van der Waals surface area contributed by atoms with E-state index in [1.807, 2.05) is 12.1 Å². The van der Waals surface area contributed by atoms with Gasteiger partial charge in [0.15, 0.2) is 0 Å². The first kappa shape index (κ1) is 23.8. The molecule has 0 aromatic carbocycles. The molecule has 8 heteroatoms. The van der Waals surface area contributed by atoms with Gasteiger partial charge in [0.25, 0.3) is 0 Å². The molecule has 0 spiro atoms. The van der Waals surface area contributed by atoms with E-state index in [9.17, 15) is 9.59 Å². The third kappa shape index (κ3) is 8.67. The zero-order valence-electron chi connectivity index (χ0n) is 16.6. The van der Waals surface area contributed by atoms with Crippen LogP contribution in [0.5, 0.6) is 0 Å². The van der Waals surface area contributed by atoms with Crippen LogP contribution in [0.25, 0.3) is 0 Å². The minimum Gasteiger partial charge on any atom is -0.461 e. The Hall–Kier alpha value is -2.19. The molecule has 1 atom stereocenters. The number of hydrogen-bond donors (Lipinski definition) is 1. The summed E-state index contributed by atoms with van der Waals surface area (Å²) in [6, 6.07) is 10.5. The molecule has 2 heterocycles. The van der Waals surface area contributed by atoms with Crippen molar-refractivity contribution in [3.63, 3.8) is 0 Å². The first-order valence-electron chi connectivity index (χ1n) is 9.08. The minimum atomic E-state index is -0.371. The van der Waals surface area contributed by atoms with Crippen LogP contribution >= 0.6 is 24.0 Å². The van der Waals surface area contributed by atoms with Crippen LogP contribution < -0.4 is 0 Å². The van der Waals surface area contributed by atoms with Gasteiger partial charge in [-0.15, -0.1) is 11.8 Å². The van der Waals surface area contributed by atoms with Gasteiger partial charge in [-0.05, 0) is 44.5 Å². The van der Waals surface area contributed by atoms with Crippen LogP contribution in [0.2, 0.25) is 0 Å². The highest BCUT2D eigenvalue weighted by atomic mass is 32.2. The van der Waals surface area contributed by atoms with Crippen molar-refractivity contribution in [1.29, 1.82) is 0 Å². The highest BCUT2D eigenvalue weighted by Crippen LogP contribution is 2.23. The molecule has 2 rings (SSSR count). The quantitative estimate of drug-likeness (QED) is 0.379. The second-order valence-corrected chi connectivity index (χ2v) is 7.47. The Morgan fingerprint density at radius 2 is 1.71 bits per heavy atom. The van der Waals surface area contributed by atoms with Gasteiger partial charge < -0.3 is 14.5 Å². The van der Waals surface area contributed by atoms with Crippen molar-refractivity contribution in [1.82, 2.24) is 9.97 Å². The maximum Gasteiger partial charge on any atom is 0.356 e. The molecule has 0 fully saturated rings. The van der Waals surface area contributed by atoms with Crippen LogP contribution in [-0.2, 0) is 9.47 Å². The summed E-state index contributed by atoms with van der Waals surface area (Å²) >= 11 is 6.51. The highest BCUT2D eigenvalue weighted by molar-refractivity contribution is 7.99. The lowest BCUT2D eigenvalue weighted by Crippen LogP contribution is -2.07. The summed E-state index contributed by atoms with van der Waals surface area (Å²) in [6.07, 6.45) is 1.08. The number of hydrogen-bond acceptors (Lipinski definition) is 7. The van der Waals surface area contributed by atoms with E-state index < -0.39 is 0 Å². The van der Waals surface area contributed by atoms with Gasteiger partial charge in [-0.3, -0.25) is 0 Å². The molecule has 1 unspecified atom stereocenters. The Kier molecular flexibility index (Phi) is 11.1. The zero-order chi connectivity index (χ0) is 20.9. The second-order valence-electron chi connectivity index (χ2n) is 5.57. The monoisotopic (exact) mass is 422 g/mol. The molecule has 6 nitrogen and oxygen atoms in total. The van der Waals surface area contributed by atoms with E-state index in [2.05, 4.69) is 23.8 Å². The van der Waals surface area contributed by atoms with Gasteiger partial charge in [0.2, 0.25) is 0 Å². The lowest BCUT2D eigenvalue weighted by molar-refractivity contribution is 0.0509. The molecule has 0 bridgehead atoms. The third-order valence-electron chi connectivity index (χ3n) is 3.37. The fourth-order valence-corrected chi connectivity index (χ4v) is 2.94. The minimum absolute atomic E-state index is 0.353. The first-order valence-corrected chi connectivity index (χ1v) is 10.4. The average Bonchev–Trinajstić information content (AvgIpc) is 2.69. The summed E-state index contributed by atoms with van der Waals surface area (Å²) in [5.74, 6) is -0.724. The number of nitrogens with one attached hydrogen (secondary N) is 1. The van der Waals surface area contributed by atoms with Gasteiger partial charge in [-0.1, -0.05) is 38.2 Å². The predicted octanol–water partition coefficient (Wildman–Crippen LogP) is 5.07. The van der Waals surface area contributed by atoms with E-state index in [4.69, 9.17) is 21.7 Å². The zero-order valence-corrected chi connectivity index (χ0v) is 18.2. The predicted molar refractivity (Wildman–Crippen MR) is 113 cm³/mol. The molecule has 0 aliphatic carbocycles. The first-order chi connectivity index (χ1) is 13.4. The number of thioether (sulfide) groups is 1. The average molecular weight is 423 g/mol. The lowest BCUT2D eigenvalue weighted by Gasteiger charge is -2.08. The SMILES string of the molecule is CCOC(=O)c1cccc(=S)[nH]1.CCOC(=O)c1cccc(SC(C)CC)n1. The van der Waals surface area contributed by atoms with Crippen molar-refractivity contribution in [3.8, 4) is 0 Å². The van der Waals surface area contributed by atoms with E-state index >= 15 is 0 Å². The third-order valence-corrected chi connectivity index (χ3v) is 4.81. The van der Waals surface area contributed by atoms with Gasteiger partial charge in [0, 0.05) is 5.25 Å². The maximum atomic E-state index is 11.5. The molecule has 0 saturated carbocycles. The van der Waals surface area contributed by atoms with E-state index in [1.165, 1.54) is 0 Å². The number of esters is 2. The molecule has 1 N–H and O–H groups in total. The van der Waals surface area contributed by atoms with Crippen LogP contribution in [0.1, 0.15) is 55.1 Å². The maximum absolute atomic E-state index is 11.5. The second kappa shape index (κ2) is 13.1. The van der Waals surface area contributed by atoms with Crippen molar-refractivity contribution in [2.24, 2.45) is 0 Å². The number of aromatic nitrogens is 2. The van der Waals surface area contributed by atoms with Crippen molar-refractivity contribution in [3.05, 3.63) is 52.4 Å². The van der Waals surface area contributed by atoms with Crippen LogP contribution in [0.15, 0.2) is 41.4 Å². The van der Waals surface area contributed by atoms with Gasteiger partial charge in [-0.25, -0.2) is 14.6 Å². The number of ether oxygens (including phenoxy) is 2. The fourth-order valence-electron chi connectivity index (χ4n) is 1.86. The van der Waals surface area contributed by atoms with Gasteiger partial charge in [0.1, 0.15) is 16.0 Å². The Bertz CT molecular complexity index is 824. The molecule has 2 aromatic heterocycles. The van der Waals surface area contributed by atoms with Crippen LogP contribution in [-0.4, -0.2) is 40.4 Å². The van der Waals surface area contributed by atoms with Crippen molar-refractivity contribution < 1.29 is 19.1 Å². The van der Waals surface area contributed by atoms with Crippen molar-refractivity contribution in [2.75, 3.05) is 13.2 Å². The number of nitrogens with zero attached hydrogens (tertiary/aromatic N) is 1. The summed E-state index contributed by atoms with van der Waals surface area (Å²) in [6.45, 7) is 8.57. The summed E-state index contributed by atoms with van der Waals surface area (Å²) in [4.78, 5) is 29.6. The normalized spacial score (nSPS) is 11.0. The molecule has 2 aromatic rings. The number of carbonyl (C=O) groups excluding carboxylic acids is 2. The number of pyridine rings is 2. The number of H-pyrrole nitrogens is 1. The Morgan fingerprint density at radius 3 is 2.32 bits per heavy atom. The van der Waals surface area contributed by atoms with Gasteiger partial charge in [0.05, 0.1) is 18.2 Å². The number of rotatable bonds is 7. The summed E-state index contributed by atoms with van der Waals surface area (Å²) in [7, 11) is 0. The largest absolute Gasteiger partial charge is 0.461 e. The summed E-state index contributed by atoms with van der Waals surface area (Å²) in [5, 5.41) is 1.38. The molecule has 0 aliphatic rings. The smallest absolute Gasteiger partial charge is 0.356 e. The molecular formula is C20H26N2O4S2. The van der Waals surface area contributed by atoms with Crippen LogP contribution in [0, 0.1) is 4.64 Å².